The maximum Gasteiger partial charge on any atom is 0.232 e. The minimum absolute atomic E-state index is 0.0575. The molecule has 1 aliphatic heterocycles. The van der Waals surface area contributed by atoms with Crippen LogP contribution in [0.25, 0.3) is 0 Å². The fraction of sp³-hybridized carbons (Fsp3) is 0.562. The van der Waals surface area contributed by atoms with Crippen LogP contribution in [0.3, 0.4) is 0 Å². The molecule has 1 aliphatic rings. The lowest BCUT2D eigenvalue weighted by molar-refractivity contribution is -0.134. The van der Waals surface area contributed by atoms with E-state index >= 15 is 0 Å². The Labute approximate surface area is 143 Å². The van der Waals surface area contributed by atoms with Gasteiger partial charge in [-0.3, -0.25) is 9.10 Å². The molecule has 0 bridgehead atoms. The van der Waals surface area contributed by atoms with E-state index in [0.717, 1.165) is 6.26 Å². The SMILES string of the molecule is CCOc1ccc(N(CCC(=O)N2CCOCC2)S(C)(=O)=O)cc1. The summed E-state index contributed by atoms with van der Waals surface area (Å²) >= 11 is 0. The predicted molar refractivity (Wildman–Crippen MR) is 91.8 cm³/mol. The van der Waals surface area contributed by atoms with E-state index in [2.05, 4.69) is 0 Å². The van der Waals surface area contributed by atoms with E-state index < -0.39 is 10.0 Å². The second kappa shape index (κ2) is 8.34. The van der Waals surface area contributed by atoms with E-state index in [1.54, 1.807) is 29.2 Å². The van der Waals surface area contributed by atoms with Gasteiger partial charge in [0, 0.05) is 26.1 Å². The van der Waals surface area contributed by atoms with Crippen molar-refractivity contribution < 1.29 is 22.7 Å². The quantitative estimate of drug-likeness (QED) is 0.731. The number of carbonyl (C=O) groups excluding carboxylic acids is 1. The van der Waals surface area contributed by atoms with E-state index in [9.17, 15) is 13.2 Å². The molecule has 0 atom stereocenters. The summed E-state index contributed by atoms with van der Waals surface area (Å²) in [6, 6.07) is 6.82. The van der Waals surface area contributed by atoms with Gasteiger partial charge in [-0.2, -0.15) is 0 Å². The highest BCUT2D eigenvalue weighted by atomic mass is 32.2. The second-order valence-electron chi connectivity index (χ2n) is 5.51. The molecule has 134 valence electrons. The van der Waals surface area contributed by atoms with E-state index in [4.69, 9.17) is 9.47 Å². The molecule has 0 unspecified atom stereocenters. The Morgan fingerprint density at radius 3 is 2.42 bits per heavy atom. The molecule has 1 heterocycles. The fourth-order valence-corrected chi connectivity index (χ4v) is 3.46. The molecule has 0 spiro atoms. The molecule has 1 amide bonds. The number of nitrogens with zero attached hydrogens (tertiary/aromatic N) is 2. The van der Waals surface area contributed by atoms with Gasteiger partial charge in [0.2, 0.25) is 15.9 Å². The van der Waals surface area contributed by atoms with Crippen molar-refractivity contribution in [2.75, 3.05) is 50.0 Å². The zero-order valence-electron chi connectivity index (χ0n) is 14.1. The molecule has 1 aromatic rings. The van der Waals surface area contributed by atoms with Crippen LogP contribution in [0.2, 0.25) is 0 Å². The monoisotopic (exact) mass is 356 g/mol. The van der Waals surface area contributed by atoms with Gasteiger partial charge >= 0.3 is 0 Å². The molecule has 1 fully saturated rings. The zero-order valence-corrected chi connectivity index (χ0v) is 14.9. The Balaban J connectivity index is 2.04. The molecule has 0 aromatic heterocycles. The Morgan fingerprint density at radius 1 is 1.25 bits per heavy atom. The molecule has 8 heteroatoms. The van der Waals surface area contributed by atoms with Gasteiger partial charge in [-0.1, -0.05) is 0 Å². The lowest BCUT2D eigenvalue weighted by Crippen LogP contribution is -2.42. The van der Waals surface area contributed by atoms with E-state index in [1.165, 1.54) is 4.31 Å². The first-order valence-electron chi connectivity index (χ1n) is 7.98. The minimum Gasteiger partial charge on any atom is -0.494 e. The summed E-state index contributed by atoms with van der Waals surface area (Å²) in [6.07, 6.45) is 1.28. The van der Waals surface area contributed by atoms with Crippen molar-refractivity contribution in [3.63, 3.8) is 0 Å². The van der Waals surface area contributed by atoms with Gasteiger partial charge in [0.15, 0.2) is 0 Å². The summed E-state index contributed by atoms with van der Waals surface area (Å²) in [6.45, 7) is 4.71. The lowest BCUT2D eigenvalue weighted by Gasteiger charge is -2.28. The highest BCUT2D eigenvalue weighted by molar-refractivity contribution is 7.92. The third-order valence-electron chi connectivity index (χ3n) is 3.73. The van der Waals surface area contributed by atoms with Gasteiger partial charge in [0.25, 0.3) is 0 Å². The van der Waals surface area contributed by atoms with Crippen molar-refractivity contribution in [1.82, 2.24) is 4.90 Å². The van der Waals surface area contributed by atoms with Crippen LogP contribution in [0, 0.1) is 0 Å². The molecule has 1 saturated heterocycles. The van der Waals surface area contributed by atoms with Gasteiger partial charge < -0.3 is 14.4 Å². The number of ether oxygens (including phenoxy) is 2. The number of hydrogen-bond acceptors (Lipinski definition) is 5. The van der Waals surface area contributed by atoms with E-state index in [0.29, 0.717) is 44.3 Å². The summed E-state index contributed by atoms with van der Waals surface area (Å²) in [5.74, 6) is 0.622. The molecule has 0 radical (unpaired) electrons. The van der Waals surface area contributed by atoms with Crippen molar-refractivity contribution in [3.05, 3.63) is 24.3 Å². The number of amides is 1. The number of carbonyl (C=O) groups is 1. The molecule has 0 saturated carbocycles. The smallest absolute Gasteiger partial charge is 0.232 e. The lowest BCUT2D eigenvalue weighted by atomic mass is 10.2. The Kier molecular flexibility index (Phi) is 6.44. The van der Waals surface area contributed by atoms with Crippen LogP contribution in [-0.4, -0.2) is 64.9 Å². The first kappa shape index (κ1) is 18.5. The molecular weight excluding hydrogens is 332 g/mol. The summed E-state index contributed by atoms with van der Waals surface area (Å²) in [4.78, 5) is 13.9. The molecule has 7 nitrogen and oxygen atoms in total. The van der Waals surface area contributed by atoms with Crippen molar-refractivity contribution in [2.45, 2.75) is 13.3 Å². The van der Waals surface area contributed by atoms with Crippen LogP contribution in [0.4, 0.5) is 5.69 Å². The molecule has 1 aromatic carbocycles. The summed E-state index contributed by atoms with van der Waals surface area (Å²) in [5, 5.41) is 0. The maximum absolute atomic E-state index is 12.2. The number of hydrogen-bond donors (Lipinski definition) is 0. The first-order chi connectivity index (χ1) is 11.4. The average Bonchev–Trinajstić information content (AvgIpc) is 2.56. The average molecular weight is 356 g/mol. The molecule has 2 rings (SSSR count). The number of morpholine rings is 1. The third kappa shape index (κ3) is 5.10. The van der Waals surface area contributed by atoms with Gasteiger partial charge in [0.05, 0.1) is 31.8 Å². The van der Waals surface area contributed by atoms with Gasteiger partial charge in [-0.25, -0.2) is 8.42 Å². The second-order valence-corrected chi connectivity index (χ2v) is 7.41. The number of rotatable bonds is 7. The zero-order chi connectivity index (χ0) is 17.6. The first-order valence-corrected chi connectivity index (χ1v) is 9.82. The molecule has 0 N–H and O–H groups in total. The highest BCUT2D eigenvalue weighted by Crippen LogP contribution is 2.22. The summed E-state index contributed by atoms with van der Waals surface area (Å²) in [5.41, 5.74) is 0.524. The van der Waals surface area contributed by atoms with Crippen molar-refractivity contribution in [1.29, 1.82) is 0 Å². The standard InChI is InChI=1S/C16H24N2O5S/c1-3-23-15-6-4-14(5-7-15)18(24(2,20)21)9-8-16(19)17-10-12-22-13-11-17/h4-7H,3,8-13H2,1-2H3. The Hall–Kier alpha value is -1.80. The Bertz CT molecular complexity index is 639. The van der Waals surface area contributed by atoms with E-state index in [1.807, 2.05) is 6.92 Å². The Morgan fingerprint density at radius 2 is 1.88 bits per heavy atom. The molecule has 0 aliphatic carbocycles. The molecular formula is C16H24N2O5S. The van der Waals surface area contributed by atoms with Gasteiger partial charge in [0.1, 0.15) is 5.75 Å². The van der Waals surface area contributed by atoms with Crippen LogP contribution in [0.15, 0.2) is 24.3 Å². The van der Waals surface area contributed by atoms with Crippen LogP contribution in [-0.2, 0) is 19.6 Å². The van der Waals surface area contributed by atoms with Crippen LogP contribution >= 0.6 is 0 Å². The number of anilines is 1. The number of sulfonamides is 1. The van der Waals surface area contributed by atoms with Crippen molar-refractivity contribution in [2.24, 2.45) is 0 Å². The fourth-order valence-electron chi connectivity index (χ4n) is 2.53. The topological polar surface area (TPSA) is 76.2 Å². The summed E-state index contributed by atoms with van der Waals surface area (Å²) < 4.78 is 36.0. The van der Waals surface area contributed by atoms with Crippen LogP contribution < -0.4 is 9.04 Å². The van der Waals surface area contributed by atoms with Crippen LogP contribution in [0.5, 0.6) is 5.75 Å². The van der Waals surface area contributed by atoms with Crippen LogP contribution in [0.1, 0.15) is 13.3 Å². The highest BCUT2D eigenvalue weighted by Gasteiger charge is 2.22. The predicted octanol–water partition coefficient (Wildman–Crippen LogP) is 1.10. The van der Waals surface area contributed by atoms with Crippen molar-refractivity contribution in [3.8, 4) is 5.75 Å². The molecule has 24 heavy (non-hydrogen) atoms. The van der Waals surface area contributed by atoms with Gasteiger partial charge in [-0.05, 0) is 31.2 Å². The minimum atomic E-state index is -3.47. The van der Waals surface area contributed by atoms with Crippen molar-refractivity contribution >= 4 is 21.6 Å². The normalized spacial score (nSPS) is 15.2. The number of benzene rings is 1. The maximum atomic E-state index is 12.2. The van der Waals surface area contributed by atoms with Gasteiger partial charge in [-0.15, -0.1) is 0 Å². The summed E-state index contributed by atoms with van der Waals surface area (Å²) in [7, 11) is -3.47. The van der Waals surface area contributed by atoms with E-state index in [-0.39, 0.29) is 18.9 Å². The largest absolute Gasteiger partial charge is 0.494 e. The third-order valence-corrected chi connectivity index (χ3v) is 4.92.